The lowest BCUT2D eigenvalue weighted by molar-refractivity contribution is 1.09. The lowest BCUT2D eigenvalue weighted by Crippen LogP contribution is -1.96. The van der Waals surface area contributed by atoms with Crippen LogP contribution in [-0.4, -0.2) is 20.2 Å². The van der Waals surface area contributed by atoms with E-state index >= 15 is 0 Å². The van der Waals surface area contributed by atoms with E-state index in [2.05, 4.69) is 26.2 Å². The van der Waals surface area contributed by atoms with Gasteiger partial charge in [-0.05, 0) is 12.1 Å². The van der Waals surface area contributed by atoms with Crippen LogP contribution >= 0.6 is 11.3 Å². The number of hydrogen-bond donors (Lipinski definition) is 2. The molecular weight excluding hydrogens is 236 g/mol. The Bertz CT molecular complexity index is 735. The highest BCUT2D eigenvalue weighted by atomic mass is 32.1. The summed E-state index contributed by atoms with van der Waals surface area (Å²) < 4.78 is 0. The van der Waals surface area contributed by atoms with Crippen LogP contribution in [0.15, 0.2) is 18.3 Å². The summed E-state index contributed by atoms with van der Waals surface area (Å²) >= 11 is 1.36. The number of aromatic nitrogens is 4. The summed E-state index contributed by atoms with van der Waals surface area (Å²) in [5, 5.41) is 16.3. The third kappa shape index (κ3) is 1.51. The van der Waals surface area contributed by atoms with Gasteiger partial charge < -0.3 is 5.73 Å². The first-order valence-electron chi connectivity index (χ1n) is 4.75. The molecule has 0 fully saturated rings. The number of rotatable bonds is 1. The first-order valence-corrected chi connectivity index (χ1v) is 5.56. The van der Waals surface area contributed by atoms with E-state index in [-0.39, 0.29) is 5.95 Å². The molecule has 3 heterocycles. The SMILES string of the molecule is N#Cc1ccc(-c2nc(N)nc3[nH]ncc23)s1. The van der Waals surface area contributed by atoms with Gasteiger partial charge in [-0.15, -0.1) is 11.3 Å². The molecule has 6 nitrogen and oxygen atoms in total. The smallest absolute Gasteiger partial charge is 0.222 e. The maximum atomic E-state index is 8.81. The monoisotopic (exact) mass is 242 g/mol. The summed E-state index contributed by atoms with van der Waals surface area (Å²) in [7, 11) is 0. The highest BCUT2D eigenvalue weighted by molar-refractivity contribution is 7.16. The fourth-order valence-corrected chi connectivity index (χ4v) is 2.37. The quantitative estimate of drug-likeness (QED) is 0.673. The maximum absolute atomic E-state index is 8.81. The molecule has 0 spiro atoms. The Balaban J connectivity index is 2.29. The standard InChI is InChI=1S/C10H6N6S/c11-3-5-1-2-7(17-5)8-6-4-13-16-9(6)15-10(12)14-8/h1-2,4H,(H3,12,13,14,15,16). The summed E-state index contributed by atoms with van der Waals surface area (Å²) in [6.07, 6.45) is 1.65. The summed E-state index contributed by atoms with van der Waals surface area (Å²) in [6.45, 7) is 0. The van der Waals surface area contributed by atoms with Gasteiger partial charge in [0, 0.05) is 0 Å². The van der Waals surface area contributed by atoms with Crippen LogP contribution in [0.3, 0.4) is 0 Å². The second kappa shape index (κ2) is 3.54. The molecular formula is C10H6N6S. The molecule has 0 saturated heterocycles. The Hall–Kier alpha value is -2.46. The van der Waals surface area contributed by atoms with Gasteiger partial charge in [0.25, 0.3) is 0 Å². The van der Waals surface area contributed by atoms with Crippen LogP contribution in [0.2, 0.25) is 0 Å². The van der Waals surface area contributed by atoms with Gasteiger partial charge in [-0.2, -0.15) is 15.3 Å². The highest BCUT2D eigenvalue weighted by Gasteiger charge is 2.12. The number of nitrogens with two attached hydrogens (primary N) is 1. The minimum Gasteiger partial charge on any atom is -0.368 e. The zero-order valence-electron chi connectivity index (χ0n) is 8.51. The third-order valence-corrected chi connectivity index (χ3v) is 3.27. The molecule has 3 N–H and O–H groups in total. The Kier molecular flexibility index (Phi) is 2.03. The van der Waals surface area contributed by atoms with Crippen LogP contribution in [0.5, 0.6) is 0 Å². The summed E-state index contributed by atoms with van der Waals surface area (Å²) in [5.41, 5.74) is 6.93. The van der Waals surface area contributed by atoms with Gasteiger partial charge in [0.2, 0.25) is 5.95 Å². The minimum absolute atomic E-state index is 0.184. The Morgan fingerprint density at radius 2 is 2.24 bits per heavy atom. The number of nitrogen functional groups attached to an aromatic ring is 1. The molecule has 3 aromatic rings. The number of thiophene rings is 1. The van der Waals surface area contributed by atoms with Crippen molar-refractivity contribution in [1.82, 2.24) is 20.2 Å². The predicted octanol–water partition coefficient (Wildman–Crippen LogP) is 1.54. The largest absolute Gasteiger partial charge is 0.368 e. The molecule has 0 aliphatic carbocycles. The summed E-state index contributed by atoms with van der Waals surface area (Å²) in [4.78, 5) is 9.75. The van der Waals surface area contributed by atoms with Crippen molar-refractivity contribution in [3.8, 4) is 16.6 Å². The second-order valence-electron chi connectivity index (χ2n) is 3.34. The number of nitriles is 1. The molecule has 0 bridgehead atoms. The molecule has 0 aliphatic heterocycles. The van der Waals surface area contributed by atoms with Crippen molar-refractivity contribution in [2.24, 2.45) is 0 Å². The van der Waals surface area contributed by atoms with Gasteiger partial charge >= 0.3 is 0 Å². The molecule has 17 heavy (non-hydrogen) atoms. The lowest BCUT2D eigenvalue weighted by atomic mass is 10.2. The van der Waals surface area contributed by atoms with Crippen LogP contribution in [0.1, 0.15) is 4.88 Å². The summed E-state index contributed by atoms with van der Waals surface area (Å²) in [5.74, 6) is 0.184. The minimum atomic E-state index is 0.184. The fourth-order valence-electron chi connectivity index (χ4n) is 1.57. The van der Waals surface area contributed by atoms with Crippen molar-refractivity contribution in [2.45, 2.75) is 0 Å². The third-order valence-electron chi connectivity index (χ3n) is 2.28. The number of H-pyrrole nitrogens is 1. The maximum Gasteiger partial charge on any atom is 0.222 e. The number of hydrogen-bond acceptors (Lipinski definition) is 6. The predicted molar refractivity (Wildman–Crippen MR) is 64.1 cm³/mol. The fraction of sp³-hybridized carbons (Fsp3) is 0. The Labute approximate surface area is 99.7 Å². The molecule has 82 valence electrons. The first-order chi connectivity index (χ1) is 8.28. The molecule has 0 amide bonds. The van der Waals surface area contributed by atoms with E-state index in [1.807, 2.05) is 6.07 Å². The number of fused-ring (bicyclic) bond motifs is 1. The van der Waals surface area contributed by atoms with Crippen LogP contribution in [0.25, 0.3) is 21.6 Å². The highest BCUT2D eigenvalue weighted by Crippen LogP contribution is 2.31. The number of nitrogens with zero attached hydrogens (tertiary/aromatic N) is 4. The molecule has 3 rings (SSSR count). The van der Waals surface area contributed by atoms with E-state index in [9.17, 15) is 0 Å². The van der Waals surface area contributed by atoms with E-state index in [4.69, 9.17) is 11.0 Å². The van der Waals surface area contributed by atoms with Crippen molar-refractivity contribution in [3.63, 3.8) is 0 Å². The van der Waals surface area contributed by atoms with E-state index in [1.54, 1.807) is 12.3 Å². The molecule has 3 aromatic heterocycles. The number of nitrogens with one attached hydrogen (secondary N) is 1. The average molecular weight is 242 g/mol. The van der Waals surface area contributed by atoms with Gasteiger partial charge in [0.15, 0.2) is 5.65 Å². The zero-order chi connectivity index (χ0) is 11.8. The van der Waals surface area contributed by atoms with E-state index in [0.717, 1.165) is 10.3 Å². The van der Waals surface area contributed by atoms with Crippen LogP contribution < -0.4 is 5.73 Å². The normalized spacial score (nSPS) is 10.5. The molecule has 0 atom stereocenters. The van der Waals surface area contributed by atoms with Gasteiger partial charge in [0.1, 0.15) is 10.9 Å². The molecule has 0 radical (unpaired) electrons. The van der Waals surface area contributed by atoms with Crippen molar-refractivity contribution < 1.29 is 0 Å². The van der Waals surface area contributed by atoms with Crippen LogP contribution in [0, 0.1) is 11.3 Å². The zero-order valence-corrected chi connectivity index (χ0v) is 9.32. The van der Waals surface area contributed by atoms with Crippen LogP contribution in [-0.2, 0) is 0 Å². The average Bonchev–Trinajstić information content (AvgIpc) is 2.95. The Morgan fingerprint density at radius 1 is 1.35 bits per heavy atom. The van der Waals surface area contributed by atoms with Crippen molar-refractivity contribution in [2.75, 3.05) is 5.73 Å². The van der Waals surface area contributed by atoms with Gasteiger partial charge in [-0.3, -0.25) is 5.10 Å². The first kappa shape index (κ1) is 9.74. The molecule has 0 saturated carbocycles. The number of anilines is 1. The molecule has 0 aromatic carbocycles. The van der Waals surface area contributed by atoms with Crippen LogP contribution in [0.4, 0.5) is 5.95 Å². The van der Waals surface area contributed by atoms with Crippen molar-refractivity contribution >= 4 is 28.3 Å². The van der Waals surface area contributed by atoms with Crippen molar-refractivity contribution in [3.05, 3.63) is 23.2 Å². The number of aromatic amines is 1. The lowest BCUT2D eigenvalue weighted by Gasteiger charge is -1.99. The Morgan fingerprint density at radius 3 is 3.00 bits per heavy atom. The summed E-state index contributed by atoms with van der Waals surface area (Å²) in [6, 6.07) is 5.69. The van der Waals surface area contributed by atoms with Gasteiger partial charge in [0.05, 0.1) is 22.2 Å². The molecule has 0 aliphatic rings. The second-order valence-corrected chi connectivity index (χ2v) is 4.42. The topological polar surface area (TPSA) is 104 Å². The molecule has 0 unspecified atom stereocenters. The van der Waals surface area contributed by atoms with E-state index in [0.29, 0.717) is 16.2 Å². The molecule has 7 heteroatoms. The van der Waals surface area contributed by atoms with Gasteiger partial charge in [-0.1, -0.05) is 0 Å². The van der Waals surface area contributed by atoms with Gasteiger partial charge in [-0.25, -0.2) is 4.98 Å². The van der Waals surface area contributed by atoms with Crippen molar-refractivity contribution in [1.29, 1.82) is 5.26 Å². The van der Waals surface area contributed by atoms with E-state index < -0.39 is 0 Å². The van der Waals surface area contributed by atoms with E-state index in [1.165, 1.54) is 11.3 Å².